The average Bonchev–Trinajstić information content (AvgIpc) is 2.96. The number of nitrogens with two attached hydrogens (primary N) is 1. The van der Waals surface area contributed by atoms with Gasteiger partial charge in [0.1, 0.15) is 10.7 Å². The molecule has 0 saturated heterocycles. The van der Waals surface area contributed by atoms with Crippen molar-refractivity contribution in [2.75, 3.05) is 5.32 Å². The molecule has 5 nitrogen and oxygen atoms in total. The number of amides is 2. The summed E-state index contributed by atoms with van der Waals surface area (Å²) in [5, 5.41) is 3.31. The summed E-state index contributed by atoms with van der Waals surface area (Å²) in [5.74, 6) is 1.50. The first-order valence-corrected chi connectivity index (χ1v) is 9.68. The lowest BCUT2D eigenvalue weighted by Crippen LogP contribution is -2.17. The number of hydrogen-bond donors (Lipinski definition) is 2. The van der Waals surface area contributed by atoms with Crippen LogP contribution in [0, 0.1) is 12.3 Å². The lowest BCUT2D eigenvalue weighted by Gasteiger charge is -2.09. The van der Waals surface area contributed by atoms with Crippen LogP contribution in [0.25, 0.3) is 11.1 Å². The Morgan fingerprint density at radius 1 is 1.18 bits per heavy atom. The van der Waals surface area contributed by atoms with Crippen LogP contribution in [-0.4, -0.2) is 16.8 Å². The fraction of sp³-hybridized carbons (Fsp3) is 0.136. The van der Waals surface area contributed by atoms with Crippen LogP contribution in [0.4, 0.5) is 5.00 Å². The third kappa shape index (κ3) is 3.17. The molecular weight excluding hydrogens is 370 g/mol. The number of carbonyl (C=O) groups is 2. The minimum Gasteiger partial charge on any atom is -0.365 e. The van der Waals surface area contributed by atoms with Gasteiger partial charge in [0.25, 0.3) is 11.8 Å². The second-order valence-corrected chi connectivity index (χ2v) is 7.62. The molecule has 1 aliphatic rings. The number of nitrogens with zero attached hydrogens (tertiary/aromatic N) is 1. The van der Waals surface area contributed by atoms with Crippen molar-refractivity contribution in [1.82, 2.24) is 4.98 Å². The summed E-state index contributed by atoms with van der Waals surface area (Å²) in [6.07, 6.45) is 9.48. The molecule has 3 N–H and O–H groups in total. The molecule has 0 unspecified atom stereocenters. The van der Waals surface area contributed by atoms with Crippen LogP contribution in [0.3, 0.4) is 0 Å². The van der Waals surface area contributed by atoms with Crippen LogP contribution in [0.15, 0.2) is 42.6 Å². The number of terminal acetylenes is 1. The van der Waals surface area contributed by atoms with Gasteiger partial charge in [-0.25, -0.2) is 4.98 Å². The zero-order valence-corrected chi connectivity index (χ0v) is 15.8. The van der Waals surface area contributed by atoms with Crippen LogP contribution in [0.5, 0.6) is 0 Å². The van der Waals surface area contributed by atoms with Gasteiger partial charge in [0.15, 0.2) is 0 Å². The number of thiophene rings is 1. The number of fused-ring (bicyclic) bond motifs is 3. The molecule has 0 radical (unpaired) electrons. The summed E-state index contributed by atoms with van der Waals surface area (Å²) in [4.78, 5) is 30.1. The van der Waals surface area contributed by atoms with Crippen molar-refractivity contribution >= 4 is 28.2 Å². The number of nitrogens with one attached hydrogen (secondary N) is 1. The van der Waals surface area contributed by atoms with E-state index in [1.165, 1.54) is 23.1 Å². The Labute approximate surface area is 166 Å². The van der Waals surface area contributed by atoms with E-state index in [9.17, 15) is 9.59 Å². The molecule has 0 fully saturated rings. The minimum absolute atomic E-state index is 0.358. The van der Waals surface area contributed by atoms with Gasteiger partial charge in [-0.1, -0.05) is 30.2 Å². The third-order valence-corrected chi connectivity index (χ3v) is 5.93. The van der Waals surface area contributed by atoms with Gasteiger partial charge in [-0.15, -0.1) is 17.8 Å². The molecule has 3 aromatic rings. The lowest BCUT2D eigenvalue weighted by molar-refractivity contribution is 0.100. The predicted octanol–water partition coefficient (Wildman–Crippen LogP) is 3.63. The zero-order chi connectivity index (χ0) is 19.7. The highest BCUT2D eigenvalue weighted by Crippen LogP contribution is 2.44. The maximum absolute atomic E-state index is 12.7. The smallest absolute Gasteiger partial charge is 0.257 e. The Bertz CT molecular complexity index is 1120. The topological polar surface area (TPSA) is 85.1 Å². The second kappa shape index (κ2) is 7.29. The first-order valence-electron chi connectivity index (χ1n) is 8.86. The molecule has 138 valence electrons. The van der Waals surface area contributed by atoms with Gasteiger partial charge in [0.2, 0.25) is 0 Å². The highest BCUT2D eigenvalue weighted by Gasteiger charge is 2.27. The molecule has 1 aliphatic carbocycles. The van der Waals surface area contributed by atoms with Crippen LogP contribution in [0.2, 0.25) is 0 Å². The van der Waals surface area contributed by atoms with Gasteiger partial charge >= 0.3 is 0 Å². The highest BCUT2D eigenvalue weighted by atomic mass is 32.1. The number of anilines is 1. The summed E-state index contributed by atoms with van der Waals surface area (Å²) in [6, 6.07) is 11.2. The molecule has 0 atom stereocenters. The Morgan fingerprint density at radius 2 is 2.00 bits per heavy atom. The van der Waals surface area contributed by atoms with Crippen LogP contribution < -0.4 is 11.1 Å². The number of benzene rings is 1. The molecule has 6 heteroatoms. The number of aryl methyl sites for hydroxylation is 2. The van der Waals surface area contributed by atoms with E-state index < -0.39 is 5.91 Å². The fourth-order valence-electron chi connectivity index (χ4n) is 3.47. The predicted molar refractivity (Wildman–Crippen MR) is 110 cm³/mol. The molecule has 2 heterocycles. The zero-order valence-electron chi connectivity index (χ0n) is 15.0. The summed E-state index contributed by atoms with van der Waals surface area (Å²) in [6.45, 7) is 0. The van der Waals surface area contributed by atoms with Crippen LogP contribution >= 0.6 is 11.3 Å². The van der Waals surface area contributed by atoms with E-state index >= 15 is 0 Å². The average molecular weight is 387 g/mol. The Balaban J connectivity index is 1.77. The first-order chi connectivity index (χ1) is 13.6. The van der Waals surface area contributed by atoms with Gasteiger partial charge in [-0.05, 0) is 42.5 Å². The minimum atomic E-state index is -0.551. The summed E-state index contributed by atoms with van der Waals surface area (Å²) in [5.41, 5.74) is 9.96. The quantitative estimate of drug-likeness (QED) is 0.673. The Morgan fingerprint density at radius 3 is 2.71 bits per heavy atom. The van der Waals surface area contributed by atoms with E-state index in [0.29, 0.717) is 21.8 Å². The normalized spacial score (nSPS) is 12.2. The van der Waals surface area contributed by atoms with Crippen molar-refractivity contribution in [2.24, 2.45) is 5.73 Å². The third-order valence-electron chi connectivity index (χ3n) is 4.76. The first kappa shape index (κ1) is 18.0. The van der Waals surface area contributed by atoms with Crippen molar-refractivity contribution in [1.29, 1.82) is 0 Å². The number of aromatic nitrogens is 1. The molecule has 4 rings (SSSR count). The van der Waals surface area contributed by atoms with Crippen molar-refractivity contribution in [3.8, 4) is 23.5 Å². The number of hydrogen-bond acceptors (Lipinski definition) is 4. The number of carbonyl (C=O) groups excluding carboxylic acids is 2. The molecule has 1 aromatic carbocycles. The molecule has 0 spiro atoms. The SMILES string of the molecule is C#Cc1ccc(C(=O)Nc2sc3c(c2C(N)=O)-c2ccccc2CCC3)cn1. The highest BCUT2D eigenvalue weighted by molar-refractivity contribution is 7.17. The lowest BCUT2D eigenvalue weighted by atomic mass is 9.96. The Hall–Kier alpha value is -3.43. The van der Waals surface area contributed by atoms with Crippen molar-refractivity contribution in [3.63, 3.8) is 0 Å². The largest absolute Gasteiger partial charge is 0.365 e. The van der Waals surface area contributed by atoms with Gasteiger partial charge in [0, 0.05) is 16.6 Å². The molecule has 28 heavy (non-hydrogen) atoms. The van der Waals surface area contributed by atoms with E-state index in [-0.39, 0.29) is 5.91 Å². The molecular formula is C22H17N3O2S. The monoisotopic (exact) mass is 387 g/mol. The van der Waals surface area contributed by atoms with Gasteiger partial charge in [-0.2, -0.15) is 0 Å². The van der Waals surface area contributed by atoms with E-state index in [2.05, 4.69) is 22.3 Å². The number of rotatable bonds is 3. The molecule has 0 bridgehead atoms. The summed E-state index contributed by atoms with van der Waals surface area (Å²) in [7, 11) is 0. The van der Waals surface area contributed by atoms with Crippen molar-refractivity contribution in [3.05, 3.63) is 69.9 Å². The summed E-state index contributed by atoms with van der Waals surface area (Å²) >= 11 is 1.41. The van der Waals surface area contributed by atoms with Gasteiger partial charge < -0.3 is 11.1 Å². The fourth-order valence-corrected chi connectivity index (χ4v) is 4.73. The summed E-state index contributed by atoms with van der Waals surface area (Å²) < 4.78 is 0. The van der Waals surface area contributed by atoms with Gasteiger partial charge in [0.05, 0.1) is 11.1 Å². The van der Waals surface area contributed by atoms with E-state index in [4.69, 9.17) is 12.2 Å². The van der Waals surface area contributed by atoms with Crippen LogP contribution in [0.1, 0.15) is 43.3 Å². The number of pyridine rings is 1. The molecule has 2 aromatic heterocycles. The van der Waals surface area contributed by atoms with Gasteiger partial charge in [-0.3, -0.25) is 9.59 Å². The van der Waals surface area contributed by atoms with E-state index in [1.54, 1.807) is 12.1 Å². The second-order valence-electron chi connectivity index (χ2n) is 6.51. The maximum Gasteiger partial charge on any atom is 0.257 e. The number of primary amides is 1. The molecule has 2 amide bonds. The Kier molecular flexibility index (Phi) is 4.68. The van der Waals surface area contributed by atoms with Crippen molar-refractivity contribution in [2.45, 2.75) is 19.3 Å². The van der Waals surface area contributed by atoms with E-state index in [1.807, 2.05) is 18.2 Å². The van der Waals surface area contributed by atoms with E-state index in [0.717, 1.165) is 35.3 Å². The van der Waals surface area contributed by atoms with Crippen molar-refractivity contribution < 1.29 is 9.59 Å². The molecule has 0 aliphatic heterocycles. The standard InChI is InChI=1S/C22H17N3O2S/c1-2-15-11-10-14(12-24-15)21(27)25-22-19(20(23)26)18-16-8-4-3-6-13(16)7-5-9-17(18)28-22/h1,3-4,6,8,10-12H,5,7,9H2,(H2,23,26)(H,25,27). The maximum atomic E-state index is 12.7. The molecule has 0 saturated carbocycles. The van der Waals surface area contributed by atoms with Crippen LogP contribution in [-0.2, 0) is 12.8 Å².